The Kier molecular flexibility index (Phi) is 5.21. The first-order valence-electron chi connectivity index (χ1n) is 7.00. The molecule has 0 saturated heterocycles. The Hall–Kier alpha value is -1.55. The van der Waals surface area contributed by atoms with Gasteiger partial charge in [0.2, 0.25) is 0 Å². The maximum atomic E-state index is 5.74. The largest absolute Gasteiger partial charge is 0.487 e. The van der Waals surface area contributed by atoms with Gasteiger partial charge in [-0.15, -0.1) is 0 Å². The zero-order chi connectivity index (χ0) is 13.5. The molecule has 0 aromatic carbocycles. The molecule has 1 aromatic heterocycles. The smallest absolute Gasteiger partial charge is 0.168 e. The number of nitrogens with zero attached hydrogens (tertiary/aromatic N) is 1. The molecular weight excluding hydrogens is 238 g/mol. The summed E-state index contributed by atoms with van der Waals surface area (Å²) >= 11 is 0. The van der Waals surface area contributed by atoms with E-state index in [-0.39, 0.29) is 6.10 Å². The van der Waals surface area contributed by atoms with E-state index in [0.717, 1.165) is 44.0 Å². The minimum atomic E-state index is 0.164. The molecule has 19 heavy (non-hydrogen) atoms. The highest BCUT2D eigenvalue weighted by Gasteiger charge is 2.07. The molecule has 0 saturated carbocycles. The lowest BCUT2D eigenvalue weighted by Gasteiger charge is -2.16. The SMILES string of the molecule is CC(C)Oc1cccnc1NCCC1=CCNCC1. The van der Waals surface area contributed by atoms with Crippen LogP contribution in [0.25, 0.3) is 0 Å². The van der Waals surface area contributed by atoms with Crippen LogP contribution in [0, 0.1) is 0 Å². The minimum absolute atomic E-state index is 0.164. The number of pyridine rings is 1. The van der Waals surface area contributed by atoms with Gasteiger partial charge in [0.15, 0.2) is 11.6 Å². The number of anilines is 1. The van der Waals surface area contributed by atoms with Crippen molar-refractivity contribution in [1.82, 2.24) is 10.3 Å². The summed E-state index contributed by atoms with van der Waals surface area (Å²) in [6.45, 7) is 7.04. The third kappa shape index (κ3) is 4.56. The molecule has 2 N–H and O–H groups in total. The fourth-order valence-electron chi connectivity index (χ4n) is 2.11. The Morgan fingerprint density at radius 1 is 1.47 bits per heavy atom. The van der Waals surface area contributed by atoms with Crippen LogP contribution >= 0.6 is 0 Å². The number of nitrogens with one attached hydrogen (secondary N) is 2. The van der Waals surface area contributed by atoms with Crippen LogP contribution in [0.4, 0.5) is 5.82 Å². The first kappa shape index (κ1) is 13.9. The fourth-order valence-corrected chi connectivity index (χ4v) is 2.11. The van der Waals surface area contributed by atoms with E-state index in [1.54, 1.807) is 6.20 Å². The zero-order valence-electron chi connectivity index (χ0n) is 11.8. The third-order valence-electron chi connectivity index (χ3n) is 3.03. The molecule has 2 heterocycles. The maximum Gasteiger partial charge on any atom is 0.168 e. The third-order valence-corrected chi connectivity index (χ3v) is 3.03. The first-order chi connectivity index (χ1) is 9.25. The molecule has 1 aliphatic rings. The highest BCUT2D eigenvalue weighted by molar-refractivity contribution is 5.49. The van der Waals surface area contributed by atoms with Crippen LogP contribution < -0.4 is 15.4 Å². The van der Waals surface area contributed by atoms with Crippen molar-refractivity contribution in [3.8, 4) is 5.75 Å². The van der Waals surface area contributed by atoms with E-state index in [9.17, 15) is 0 Å². The van der Waals surface area contributed by atoms with Gasteiger partial charge in [-0.3, -0.25) is 0 Å². The van der Waals surface area contributed by atoms with Crippen molar-refractivity contribution in [3.05, 3.63) is 30.0 Å². The molecule has 104 valence electrons. The van der Waals surface area contributed by atoms with Gasteiger partial charge in [-0.2, -0.15) is 0 Å². The Bertz CT molecular complexity index is 429. The number of ether oxygens (including phenoxy) is 1. The van der Waals surface area contributed by atoms with Crippen molar-refractivity contribution >= 4 is 5.82 Å². The lowest BCUT2D eigenvalue weighted by atomic mass is 10.1. The van der Waals surface area contributed by atoms with Crippen LogP contribution in [0.1, 0.15) is 26.7 Å². The van der Waals surface area contributed by atoms with E-state index in [2.05, 4.69) is 21.7 Å². The second kappa shape index (κ2) is 7.14. The van der Waals surface area contributed by atoms with Crippen LogP contribution in [0.2, 0.25) is 0 Å². The van der Waals surface area contributed by atoms with Gasteiger partial charge in [0.05, 0.1) is 6.10 Å². The van der Waals surface area contributed by atoms with Crippen molar-refractivity contribution in [1.29, 1.82) is 0 Å². The molecule has 0 amide bonds. The molecule has 2 rings (SSSR count). The number of hydrogen-bond acceptors (Lipinski definition) is 4. The van der Waals surface area contributed by atoms with Crippen molar-refractivity contribution in [2.24, 2.45) is 0 Å². The molecule has 4 heteroatoms. The van der Waals surface area contributed by atoms with Gasteiger partial charge in [0.1, 0.15) is 0 Å². The Morgan fingerprint density at radius 3 is 3.11 bits per heavy atom. The second-order valence-electron chi connectivity index (χ2n) is 5.01. The molecule has 4 nitrogen and oxygen atoms in total. The average Bonchev–Trinajstić information content (AvgIpc) is 2.41. The van der Waals surface area contributed by atoms with E-state index >= 15 is 0 Å². The van der Waals surface area contributed by atoms with E-state index in [0.29, 0.717) is 0 Å². The summed E-state index contributed by atoms with van der Waals surface area (Å²) in [5.74, 6) is 1.67. The summed E-state index contributed by atoms with van der Waals surface area (Å²) in [5, 5.41) is 6.69. The molecule has 0 unspecified atom stereocenters. The minimum Gasteiger partial charge on any atom is -0.487 e. The first-order valence-corrected chi connectivity index (χ1v) is 7.00. The molecule has 0 fully saturated rings. The van der Waals surface area contributed by atoms with Crippen LogP contribution in [-0.2, 0) is 0 Å². The predicted octanol–water partition coefficient (Wildman–Crippen LogP) is 2.59. The zero-order valence-corrected chi connectivity index (χ0v) is 11.8. The second-order valence-corrected chi connectivity index (χ2v) is 5.01. The van der Waals surface area contributed by atoms with Crippen molar-refractivity contribution < 1.29 is 4.74 Å². The van der Waals surface area contributed by atoms with Crippen molar-refractivity contribution in [3.63, 3.8) is 0 Å². The highest BCUT2D eigenvalue weighted by atomic mass is 16.5. The van der Waals surface area contributed by atoms with Gasteiger partial charge >= 0.3 is 0 Å². The van der Waals surface area contributed by atoms with Gasteiger partial charge in [-0.25, -0.2) is 4.98 Å². The van der Waals surface area contributed by atoms with E-state index in [1.807, 2.05) is 26.0 Å². The molecule has 0 aliphatic carbocycles. The van der Waals surface area contributed by atoms with Crippen LogP contribution in [0.3, 0.4) is 0 Å². The van der Waals surface area contributed by atoms with Gasteiger partial charge in [-0.1, -0.05) is 11.6 Å². The summed E-state index contributed by atoms with van der Waals surface area (Å²) in [6, 6.07) is 3.86. The molecule has 0 radical (unpaired) electrons. The molecule has 0 atom stereocenters. The van der Waals surface area contributed by atoms with Crippen LogP contribution in [0.15, 0.2) is 30.0 Å². The summed E-state index contributed by atoms with van der Waals surface area (Å²) < 4.78 is 5.74. The number of aromatic nitrogens is 1. The molecule has 0 bridgehead atoms. The van der Waals surface area contributed by atoms with E-state index < -0.39 is 0 Å². The van der Waals surface area contributed by atoms with Crippen molar-refractivity contribution in [2.45, 2.75) is 32.8 Å². The Morgan fingerprint density at radius 2 is 2.37 bits per heavy atom. The number of hydrogen-bond donors (Lipinski definition) is 2. The van der Waals surface area contributed by atoms with Crippen molar-refractivity contribution in [2.75, 3.05) is 25.0 Å². The average molecular weight is 261 g/mol. The predicted molar refractivity (Wildman–Crippen MR) is 78.7 cm³/mol. The quantitative estimate of drug-likeness (QED) is 0.773. The molecule has 1 aromatic rings. The molecule has 0 spiro atoms. The van der Waals surface area contributed by atoms with Gasteiger partial charge in [0.25, 0.3) is 0 Å². The van der Waals surface area contributed by atoms with E-state index in [1.165, 1.54) is 5.57 Å². The van der Waals surface area contributed by atoms with Gasteiger partial charge < -0.3 is 15.4 Å². The lowest BCUT2D eigenvalue weighted by Crippen LogP contribution is -2.21. The Labute approximate surface area is 115 Å². The molecular formula is C15H23N3O. The summed E-state index contributed by atoms with van der Waals surface area (Å²) in [6.07, 6.45) is 6.46. The van der Waals surface area contributed by atoms with Crippen LogP contribution in [-0.4, -0.2) is 30.7 Å². The lowest BCUT2D eigenvalue weighted by molar-refractivity contribution is 0.243. The normalized spacial score (nSPS) is 15.2. The van der Waals surface area contributed by atoms with Crippen LogP contribution in [0.5, 0.6) is 5.75 Å². The Balaban J connectivity index is 1.86. The standard InChI is InChI=1S/C15H23N3O/c1-12(2)19-14-4-3-8-17-15(14)18-11-7-13-5-9-16-10-6-13/h3-5,8,12,16H,6-7,9-11H2,1-2H3,(H,17,18). The summed E-state index contributed by atoms with van der Waals surface area (Å²) in [5.41, 5.74) is 1.52. The van der Waals surface area contributed by atoms with Gasteiger partial charge in [-0.05, 0) is 45.4 Å². The van der Waals surface area contributed by atoms with E-state index in [4.69, 9.17) is 4.74 Å². The monoisotopic (exact) mass is 261 g/mol. The molecule has 1 aliphatic heterocycles. The fraction of sp³-hybridized carbons (Fsp3) is 0.533. The number of rotatable bonds is 6. The maximum absolute atomic E-state index is 5.74. The summed E-state index contributed by atoms with van der Waals surface area (Å²) in [7, 11) is 0. The van der Waals surface area contributed by atoms with Gasteiger partial charge in [0, 0.05) is 19.3 Å². The summed E-state index contributed by atoms with van der Waals surface area (Å²) in [4.78, 5) is 4.35. The topological polar surface area (TPSA) is 46.2 Å². The highest BCUT2D eigenvalue weighted by Crippen LogP contribution is 2.22.